The molecule has 0 bridgehead atoms. The predicted octanol–water partition coefficient (Wildman–Crippen LogP) is 0.658. The van der Waals surface area contributed by atoms with Gasteiger partial charge in [-0.1, -0.05) is 12.1 Å². The Morgan fingerprint density at radius 3 is 2.58 bits per heavy atom. The SMILES string of the molecule is Cc1cccc(C(=O)N[C@@H](CC(N)=O)C(=O)O)c1I. The van der Waals surface area contributed by atoms with E-state index in [0.717, 1.165) is 9.13 Å². The van der Waals surface area contributed by atoms with Gasteiger partial charge in [-0.25, -0.2) is 4.79 Å². The van der Waals surface area contributed by atoms with E-state index in [4.69, 9.17) is 10.8 Å². The molecule has 0 aromatic heterocycles. The first-order valence-electron chi connectivity index (χ1n) is 5.40. The fraction of sp³-hybridized carbons (Fsp3) is 0.250. The molecule has 4 N–H and O–H groups in total. The number of hydrogen-bond acceptors (Lipinski definition) is 3. The summed E-state index contributed by atoms with van der Waals surface area (Å²) in [6, 6.07) is 3.82. The summed E-state index contributed by atoms with van der Waals surface area (Å²) in [5.41, 5.74) is 6.23. The molecule has 1 aromatic carbocycles. The number of amides is 2. The summed E-state index contributed by atoms with van der Waals surface area (Å²) in [6.45, 7) is 1.84. The molecule has 1 aromatic rings. The van der Waals surface area contributed by atoms with Crippen LogP contribution in [-0.2, 0) is 9.59 Å². The minimum Gasteiger partial charge on any atom is -0.480 e. The lowest BCUT2D eigenvalue weighted by Gasteiger charge is -2.14. The van der Waals surface area contributed by atoms with E-state index in [1.54, 1.807) is 12.1 Å². The van der Waals surface area contributed by atoms with Crippen LogP contribution in [0.25, 0.3) is 0 Å². The van der Waals surface area contributed by atoms with E-state index in [1.807, 2.05) is 35.6 Å². The van der Waals surface area contributed by atoms with Crippen LogP contribution in [0.3, 0.4) is 0 Å². The lowest BCUT2D eigenvalue weighted by atomic mass is 10.1. The summed E-state index contributed by atoms with van der Waals surface area (Å²) in [7, 11) is 0. The molecule has 0 spiro atoms. The highest BCUT2D eigenvalue weighted by molar-refractivity contribution is 14.1. The van der Waals surface area contributed by atoms with Crippen LogP contribution < -0.4 is 11.1 Å². The number of carboxylic acids is 1. The van der Waals surface area contributed by atoms with Crippen molar-refractivity contribution in [3.05, 3.63) is 32.9 Å². The molecule has 0 aliphatic carbocycles. The van der Waals surface area contributed by atoms with Crippen molar-refractivity contribution < 1.29 is 19.5 Å². The second-order valence-corrected chi connectivity index (χ2v) is 5.05. The van der Waals surface area contributed by atoms with Crippen LogP contribution in [-0.4, -0.2) is 28.9 Å². The van der Waals surface area contributed by atoms with E-state index in [0.29, 0.717) is 5.56 Å². The van der Waals surface area contributed by atoms with E-state index in [-0.39, 0.29) is 0 Å². The topological polar surface area (TPSA) is 109 Å². The molecule has 0 saturated carbocycles. The van der Waals surface area contributed by atoms with Gasteiger partial charge in [0.1, 0.15) is 6.04 Å². The average molecular weight is 376 g/mol. The minimum atomic E-state index is -1.32. The molecule has 1 rings (SSSR count). The molecule has 0 saturated heterocycles. The Hall–Kier alpha value is -1.64. The van der Waals surface area contributed by atoms with Gasteiger partial charge < -0.3 is 16.2 Å². The zero-order chi connectivity index (χ0) is 14.6. The maximum atomic E-state index is 12.0. The van der Waals surface area contributed by atoms with Gasteiger partial charge in [0, 0.05) is 3.57 Å². The van der Waals surface area contributed by atoms with Crippen molar-refractivity contribution in [2.75, 3.05) is 0 Å². The summed E-state index contributed by atoms with van der Waals surface area (Å²) in [6.07, 6.45) is -0.441. The molecule has 0 fully saturated rings. The van der Waals surface area contributed by atoms with Crippen molar-refractivity contribution in [3.63, 3.8) is 0 Å². The predicted molar refractivity (Wildman–Crippen MR) is 76.6 cm³/mol. The summed E-state index contributed by atoms with van der Waals surface area (Å²) in [5.74, 6) is -2.62. The highest BCUT2D eigenvalue weighted by Crippen LogP contribution is 2.16. The molecule has 2 amide bonds. The van der Waals surface area contributed by atoms with E-state index in [2.05, 4.69) is 5.32 Å². The maximum absolute atomic E-state index is 12.0. The van der Waals surface area contributed by atoms with Gasteiger partial charge in [-0.2, -0.15) is 0 Å². The number of halogens is 1. The van der Waals surface area contributed by atoms with Crippen molar-refractivity contribution >= 4 is 40.4 Å². The third-order valence-corrected chi connectivity index (χ3v) is 3.88. The Balaban J connectivity index is 2.91. The van der Waals surface area contributed by atoms with Crippen LogP contribution in [0.15, 0.2) is 18.2 Å². The number of aliphatic carboxylic acids is 1. The first-order chi connectivity index (χ1) is 8.82. The maximum Gasteiger partial charge on any atom is 0.326 e. The highest BCUT2D eigenvalue weighted by Gasteiger charge is 2.23. The third-order valence-electron chi connectivity index (χ3n) is 2.45. The molecule has 102 valence electrons. The van der Waals surface area contributed by atoms with Crippen LogP contribution in [0, 0.1) is 10.5 Å². The summed E-state index contributed by atoms with van der Waals surface area (Å²) >= 11 is 2.01. The van der Waals surface area contributed by atoms with Crippen molar-refractivity contribution in [3.8, 4) is 0 Å². The molecule has 0 aliphatic heterocycles. The quantitative estimate of drug-likeness (QED) is 0.656. The Labute approximate surface area is 123 Å². The zero-order valence-corrected chi connectivity index (χ0v) is 12.3. The molecule has 0 radical (unpaired) electrons. The molecule has 0 aliphatic rings. The van der Waals surface area contributed by atoms with Gasteiger partial charge >= 0.3 is 5.97 Å². The summed E-state index contributed by atoms with van der Waals surface area (Å²) in [4.78, 5) is 33.7. The molecule has 1 atom stereocenters. The number of hydrogen-bond donors (Lipinski definition) is 3. The number of benzene rings is 1. The number of carbonyl (C=O) groups is 3. The number of nitrogens with two attached hydrogens (primary N) is 1. The normalized spacial score (nSPS) is 11.7. The molecular weight excluding hydrogens is 363 g/mol. The second kappa shape index (κ2) is 6.50. The lowest BCUT2D eigenvalue weighted by molar-refractivity contribution is -0.140. The first-order valence-corrected chi connectivity index (χ1v) is 6.48. The monoisotopic (exact) mass is 376 g/mol. The third kappa shape index (κ3) is 4.19. The van der Waals surface area contributed by atoms with E-state index in [1.165, 1.54) is 0 Å². The Kier molecular flexibility index (Phi) is 5.28. The van der Waals surface area contributed by atoms with Gasteiger partial charge in [0.05, 0.1) is 12.0 Å². The largest absolute Gasteiger partial charge is 0.480 e. The van der Waals surface area contributed by atoms with Crippen LogP contribution in [0.1, 0.15) is 22.3 Å². The van der Waals surface area contributed by atoms with E-state index in [9.17, 15) is 14.4 Å². The first kappa shape index (κ1) is 15.4. The molecule has 0 heterocycles. The molecule has 6 nitrogen and oxygen atoms in total. The van der Waals surface area contributed by atoms with Crippen LogP contribution >= 0.6 is 22.6 Å². The van der Waals surface area contributed by atoms with Gasteiger partial charge in [-0.05, 0) is 41.1 Å². The number of rotatable bonds is 5. The van der Waals surface area contributed by atoms with Gasteiger partial charge in [0.25, 0.3) is 5.91 Å². The van der Waals surface area contributed by atoms with Gasteiger partial charge in [0.2, 0.25) is 5.91 Å². The fourth-order valence-electron chi connectivity index (χ4n) is 1.46. The van der Waals surface area contributed by atoms with Gasteiger partial charge in [0.15, 0.2) is 0 Å². The standard InChI is InChI=1S/C12H13IN2O4/c1-6-3-2-4-7(10(6)13)11(17)15-8(12(18)19)5-9(14)16/h2-4,8H,5H2,1H3,(H2,14,16)(H,15,17)(H,18,19)/t8-/m0/s1. The zero-order valence-electron chi connectivity index (χ0n) is 10.1. The smallest absolute Gasteiger partial charge is 0.326 e. The number of primary amides is 1. The van der Waals surface area contributed by atoms with Crippen LogP contribution in [0.5, 0.6) is 0 Å². The molecular formula is C12H13IN2O4. The number of nitrogens with one attached hydrogen (secondary N) is 1. The Morgan fingerprint density at radius 1 is 1.42 bits per heavy atom. The van der Waals surface area contributed by atoms with Crippen molar-refractivity contribution in [2.45, 2.75) is 19.4 Å². The molecule has 0 unspecified atom stereocenters. The lowest BCUT2D eigenvalue weighted by Crippen LogP contribution is -2.43. The number of carbonyl (C=O) groups excluding carboxylic acids is 2. The average Bonchev–Trinajstić information content (AvgIpc) is 2.31. The second-order valence-electron chi connectivity index (χ2n) is 3.97. The number of aryl methyl sites for hydroxylation is 1. The number of carboxylic acid groups (broad SMARTS) is 1. The fourth-order valence-corrected chi connectivity index (χ4v) is 2.06. The van der Waals surface area contributed by atoms with E-state index < -0.39 is 30.2 Å². The van der Waals surface area contributed by atoms with Crippen molar-refractivity contribution in [1.29, 1.82) is 0 Å². The van der Waals surface area contributed by atoms with Crippen molar-refractivity contribution in [2.24, 2.45) is 5.73 Å². The molecule has 7 heteroatoms. The van der Waals surface area contributed by atoms with Crippen LogP contribution in [0.2, 0.25) is 0 Å². The van der Waals surface area contributed by atoms with Crippen molar-refractivity contribution in [1.82, 2.24) is 5.32 Å². The summed E-state index contributed by atoms with van der Waals surface area (Å²) in [5, 5.41) is 11.2. The summed E-state index contributed by atoms with van der Waals surface area (Å²) < 4.78 is 0.737. The van der Waals surface area contributed by atoms with Crippen LogP contribution in [0.4, 0.5) is 0 Å². The van der Waals surface area contributed by atoms with E-state index >= 15 is 0 Å². The Morgan fingerprint density at radius 2 is 2.05 bits per heavy atom. The highest BCUT2D eigenvalue weighted by atomic mass is 127. The van der Waals surface area contributed by atoms with Gasteiger partial charge in [-0.3, -0.25) is 9.59 Å². The van der Waals surface area contributed by atoms with Gasteiger partial charge in [-0.15, -0.1) is 0 Å². The molecule has 19 heavy (non-hydrogen) atoms. The Bertz CT molecular complexity index is 530. The minimum absolute atomic E-state index is 0.372.